The molecular formula is C11H21NO2. The van der Waals surface area contributed by atoms with Gasteiger partial charge in [-0.3, -0.25) is 4.90 Å². The highest BCUT2D eigenvalue weighted by Crippen LogP contribution is 2.40. The lowest BCUT2D eigenvalue weighted by Gasteiger charge is -2.34. The third-order valence-corrected chi connectivity index (χ3v) is 3.91. The molecule has 2 rings (SSSR count). The van der Waals surface area contributed by atoms with Gasteiger partial charge in [0.2, 0.25) is 0 Å². The van der Waals surface area contributed by atoms with Crippen LogP contribution in [-0.4, -0.2) is 49.0 Å². The Balaban J connectivity index is 1.92. The smallest absolute Gasteiger partial charge is 0.0584 e. The van der Waals surface area contributed by atoms with Gasteiger partial charge in [-0.2, -0.15) is 0 Å². The molecule has 2 aliphatic rings. The number of likely N-dealkylation sites (tertiary alicyclic amines) is 1. The molecular weight excluding hydrogens is 178 g/mol. The van der Waals surface area contributed by atoms with Crippen molar-refractivity contribution in [1.29, 1.82) is 0 Å². The van der Waals surface area contributed by atoms with Crippen LogP contribution >= 0.6 is 0 Å². The average Bonchev–Trinajstić information content (AvgIpc) is 2.62. The second-order valence-corrected chi connectivity index (χ2v) is 4.86. The molecule has 0 aromatic rings. The van der Waals surface area contributed by atoms with Crippen molar-refractivity contribution in [2.45, 2.75) is 32.2 Å². The standard InChI is InChI=1S/C11H21NO2/c1-10(8-13)12-5-2-11(9-12)3-6-14-7-4-11/h10,13H,2-9H2,1H3. The zero-order valence-corrected chi connectivity index (χ0v) is 9.04. The average molecular weight is 199 g/mol. The Bertz CT molecular complexity index is 190. The highest BCUT2D eigenvalue weighted by Gasteiger charge is 2.40. The van der Waals surface area contributed by atoms with Crippen LogP contribution in [0.3, 0.4) is 0 Å². The number of ether oxygens (including phenoxy) is 1. The summed E-state index contributed by atoms with van der Waals surface area (Å²) < 4.78 is 5.41. The molecule has 2 aliphatic heterocycles. The molecule has 2 fully saturated rings. The van der Waals surface area contributed by atoms with Crippen molar-refractivity contribution in [2.75, 3.05) is 32.9 Å². The Morgan fingerprint density at radius 2 is 2.07 bits per heavy atom. The predicted molar refractivity (Wildman–Crippen MR) is 55.2 cm³/mol. The Labute approximate surface area is 86.0 Å². The highest BCUT2D eigenvalue weighted by atomic mass is 16.5. The highest BCUT2D eigenvalue weighted by molar-refractivity contribution is 4.92. The lowest BCUT2D eigenvalue weighted by atomic mass is 9.80. The van der Waals surface area contributed by atoms with E-state index in [0.717, 1.165) is 26.3 Å². The molecule has 3 nitrogen and oxygen atoms in total. The lowest BCUT2D eigenvalue weighted by Crippen LogP contribution is -2.38. The molecule has 2 saturated heterocycles. The normalized spacial score (nSPS) is 29.6. The minimum atomic E-state index is 0.284. The van der Waals surface area contributed by atoms with E-state index < -0.39 is 0 Å². The van der Waals surface area contributed by atoms with Crippen LogP contribution in [0.1, 0.15) is 26.2 Å². The zero-order chi connectivity index (χ0) is 10.0. The number of rotatable bonds is 2. The van der Waals surface area contributed by atoms with Crippen molar-refractivity contribution in [1.82, 2.24) is 4.90 Å². The van der Waals surface area contributed by atoms with Crippen LogP contribution in [0.15, 0.2) is 0 Å². The molecule has 0 radical (unpaired) electrons. The third kappa shape index (κ3) is 1.95. The van der Waals surface area contributed by atoms with Gasteiger partial charge in [-0.15, -0.1) is 0 Å². The molecule has 3 heteroatoms. The van der Waals surface area contributed by atoms with Crippen LogP contribution in [-0.2, 0) is 4.74 Å². The van der Waals surface area contributed by atoms with E-state index in [4.69, 9.17) is 9.84 Å². The van der Waals surface area contributed by atoms with Gasteiger partial charge >= 0.3 is 0 Å². The summed E-state index contributed by atoms with van der Waals surface area (Å²) in [5.74, 6) is 0. The Morgan fingerprint density at radius 3 is 2.71 bits per heavy atom. The maximum atomic E-state index is 9.12. The molecule has 1 atom stereocenters. The van der Waals surface area contributed by atoms with Crippen LogP contribution in [0.2, 0.25) is 0 Å². The summed E-state index contributed by atoms with van der Waals surface area (Å²) in [6.45, 7) is 6.58. The molecule has 14 heavy (non-hydrogen) atoms. The number of hydrogen-bond acceptors (Lipinski definition) is 3. The number of hydrogen-bond donors (Lipinski definition) is 1. The number of aliphatic hydroxyl groups excluding tert-OH is 1. The van der Waals surface area contributed by atoms with E-state index >= 15 is 0 Å². The second-order valence-electron chi connectivity index (χ2n) is 4.86. The molecule has 0 aromatic heterocycles. The van der Waals surface area contributed by atoms with Gasteiger partial charge < -0.3 is 9.84 Å². The van der Waals surface area contributed by atoms with Crippen LogP contribution in [0.5, 0.6) is 0 Å². The molecule has 1 N–H and O–H groups in total. The van der Waals surface area contributed by atoms with Crippen molar-refractivity contribution in [3.05, 3.63) is 0 Å². The summed E-state index contributed by atoms with van der Waals surface area (Å²) in [5.41, 5.74) is 0.516. The van der Waals surface area contributed by atoms with E-state index in [1.54, 1.807) is 0 Å². The van der Waals surface area contributed by atoms with Crippen LogP contribution < -0.4 is 0 Å². The first kappa shape index (κ1) is 10.4. The van der Waals surface area contributed by atoms with Gasteiger partial charge in [0.25, 0.3) is 0 Å². The fraction of sp³-hybridized carbons (Fsp3) is 1.00. The van der Waals surface area contributed by atoms with E-state index in [2.05, 4.69) is 11.8 Å². The Morgan fingerprint density at radius 1 is 1.36 bits per heavy atom. The minimum Gasteiger partial charge on any atom is -0.395 e. The third-order valence-electron chi connectivity index (χ3n) is 3.91. The van der Waals surface area contributed by atoms with Crippen molar-refractivity contribution >= 4 is 0 Å². The van der Waals surface area contributed by atoms with Crippen LogP contribution in [0.25, 0.3) is 0 Å². The Hall–Kier alpha value is -0.120. The number of aliphatic hydroxyl groups is 1. The minimum absolute atomic E-state index is 0.284. The van der Waals surface area contributed by atoms with Crippen LogP contribution in [0, 0.1) is 5.41 Å². The maximum Gasteiger partial charge on any atom is 0.0584 e. The van der Waals surface area contributed by atoms with Gasteiger partial charge in [0.05, 0.1) is 6.61 Å². The SMILES string of the molecule is CC(CO)N1CCC2(CCOCC2)C1. The fourth-order valence-electron chi connectivity index (χ4n) is 2.67. The van der Waals surface area contributed by atoms with Gasteiger partial charge in [0.1, 0.15) is 0 Å². The molecule has 82 valence electrons. The zero-order valence-electron chi connectivity index (χ0n) is 9.04. The summed E-state index contributed by atoms with van der Waals surface area (Å²) in [6, 6.07) is 0.331. The van der Waals surface area contributed by atoms with Gasteiger partial charge in [0.15, 0.2) is 0 Å². The van der Waals surface area contributed by atoms with Gasteiger partial charge in [0, 0.05) is 25.8 Å². The first-order chi connectivity index (χ1) is 6.76. The van der Waals surface area contributed by atoms with E-state index in [9.17, 15) is 0 Å². The van der Waals surface area contributed by atoms with Crippen molar-refractivity contribution in [3.63, 3.8) is 0 Å². The van der Waals surface area contributed by atoms with Crippen molar-refractivity contribution in [3.8, 4) is 0 Å². The molecule has 2 heterocycles. The summed E-state index contributed by atoms with van der Waals surface area (Å²) in [5, 5.41) is 9.12. The topological polar surface area (TPSA) is 32.7 Å². The predicted octanol–water partition coefficient (Wildman–Crippen LogP) is 0.870. The van der Waals surface area contributed by atoms with Crippen molar-refractivity contribution < 1.29 is 9.84 Å². The summed E-state index contributed by atoms with van der Waals surface area (Å²) in [4.78, 5) is 2.42. The Kier molecular flexibility index (Phi) is 3.10. The van der Waals surface area contributed by atoms with E-state index in [0.29, 0.717) is 11.5 Å². The molecule has 0 bridgehead atoms. The first-order valence-electron chi connectivity index (χ1n) is 5.68. The quantitative estimate of drug-likeness (QED) is 0.716. The van der Waals surface area contributed by atoms with Gasteiger partial charge in [-0.1, -0.05) is 0 Å². The molecule has 1 unspecified atom stereocenters. The molecule has 0 aromatic carbocycles. The molecule has 1 spiro atoms. The van der Waals surface area contributed by atoms with E-state index in [-0.39, 0.29) is 6.61 Å². The van der Waals surface area contributed by atoms with E-state index in [1.807, 2.05) is 0 Å². The maximum absolute atomic E-state index is 9.12. The summed E-state index contributed by atoms with van der Waals surface area (Å²) in [6.07, 6.45) is 3.71. The summed E-state index contributed by atoms with van der Waals surface area (Å²) in [7, 11) is 0. The van der Waals surface area contributed by atoms with Crippen molar-refractivity contribution in [2.24, 2.45) is 5.41 Å². The van der Waals surface area contributed by atoms with E-state index in [1.165, 1.54) is 19.3 Å². The second kappa shape index (κ2) is 4.17. The molecule has 0 saturated carbocycles. The molecule has 0 amide bonds. The van der Waals surface area contributed by atoms with Gasteiger partial charge in [-0.05, 0) is 38.1 Å². The first-order valence-corrected chi connectivity index (χ1v) is 5.68. The number of nitrogens with zero attached hydrogens (tertiary/aromatic N) is 1. The van der Waals surface area contributed by atoms with Crippen LogP contribution in [0.4, 0.5) is 0 Å². The fourth-order valence-corrected chi connectivity index (χ4v) is 2.67. The lowest BCUT2D eigenvalue weighted by molar-refractivity contribution is 0.0158. The molecule has 0 aliphatic carbocycles. The monoisotopic (exact) mass is 199 g/mol. The summed E-state index contributed by atoms with van der Waals surface area (Å²) >= 11 is 0. The van der Waals surface area contributed by atoms with Gasteiger partial charge in [-0.25, -0.2) is 0 Å². The largest absolute Gasteiger partial charge is 0.395 e.